The third kappa shape index (κ3) is 4.16. The van der Waals surface area contributed by atoms with E-state index in [9.17, 15) is 9.59 Å². The van der Waals surface area contributed by atoms with E-state index in [1.807, 2.05) is 51.1 Å². The number of carboxylic acids is 1. The number of pyridine rings is 1. The number of aromatic nitrogens is 1. The number of aromatic carboxylic acids is 1. The summed E-state index contributed by atoms with van der Waals surface area (Å²) < 4.78 is 5.61. The monoisotopic (exact) mass is 313 g/mol. The molecule has 0 bridgehead atoms. The van der Waals surface area contributed by atoms with Crippen molar-refractivity contribution in [3.8, 4) is 17.0 Å². The van der Waals surface area contributed by atoms with Crippen LogP contribution in [0.1, 0.15) is 31.3 Å². The van der Waals surface area contributed by atoms with Gasteiger partial charge in [-0.2, -0.15) is 0 Å². The number of rotatable bonds is 5. The highest BCUT2D eigenvalue weighted by Gasteiger charge is 2.22. The van der Waals surface area contributed by atoms with Crippen molar-refractivity contribution in [1.82, 2.24) is 4.98 Å². The Morgan fingerprint density at radius 3 is 2.30 bits per heavy atom. The third-order valence-corrected chi connectivity index (χ3v) is 3.32. The van der Waals surface area contributed by atoms with Crippen molar-refractivity contribution in [2.24, 2.45) is 5.41 Å². The maximum atomic E-state index is 12.0. The molecular weight excluding hydrogens is 294 g/mol. The van der Waals surface area contributed by atoms with Crippen molar-refractivity contribution >= 4 is 11.8 Å². The molecule has 0 aliphatic rings. The minimum atomic E-state index is -1.11. The molecule has 0 unspecified atom stereocenters. The molecule has 0 atom stereocenters. The van der Waals surface area contributed by atoms with Crippen LogP contribution in [0.15, 0.2) is 42.5 Å². The number of nitrogens with zero attached hydrogens (tertiary/aromatic N) is 1. The predicted octanol–water partition coefficient (Wildman–Crippen LogP) is 3.44. The summed E-state index contributed by atoms with van der Waals surface area (Å²) in [6.07, 6.45) is 0. The van der Waals surface area contributed by atoms with Crippen molar-refractivity contribution in [2.45, 2.75) is 20.8 Å². The summed E-state index contributed by atoms with van der Waals surface area (Å²) in [4.78, 5) is 27.3. The fourth-order valence-electron chi connectivity index (χ4n) is 1.84. The lowest BCUT2D eigenvalue weighted by molar-refractivity contribution is -0.128. The van der Waals surface area contributed by atoms with E-state index in [1.165, 1.54) is 12.1 Å². The Morgan fingerprint density at radius 2 is 1.74 bits per heavy atom. The van der Waals surface area contributed by atoms with Crippen molar-refractivity contribution in [1.29, 1.82) is 0 Å². The molecule has 23 heavy (non-hydrogen) atoms. The van der Waals surface area contributed by atoms with Gasteiger partial charge >= 0.3 is 5.97 Å². The van der Waals surface area contributed by atoms with Crippen molar-refractivity contribution in [3.05, 3.63) is 48.2 Å². The molecule has 0 aliphatic carbocycles. The van der Waals surface area contributed by atoms with Crippen LogP contribution < -0.4 is 4.74 Å². The maximum absolute atomic E-state index is 12.0. The van der Waals surface area contributed by atoms with Gasteiger partial charge in [0.2, 0.25) is 0 Å². The highest BCUT2D eigenvalue weighted by molar-refractivity contribution is 5.87. The Morgan fingerprint density at radius 1 is 1.09 bits per heavy atom. The van der Waals surface area contributed by atoms with Crippen LogP contribution in [0.2, 0.25) is 0 Å². The fraction of sp³-hybridized carbons (Fsp3) is 0.278. The Labute approximate surface area is 134 Å². The zero-order valence-electron chi connectivity index (χ0n) is 13.4. The Bertz CT molecular complexity index is 718. The lowest BCUT2D eigenvalue weighted by Gasteiger charge is -2.18. The van der Waals surface area contributed by atoms with Crippen LogP contribution in [0.4, 0.5) is 0 Å². The van der Waals surface area contributed by atoms with Gasteiger partial charge in [-0.1, -0.05) is 51.1 Å². The van der Waals surface area contributed by atoms with E-state index in [0.717, 1.165) is 5.56 Å². The second-order valence-electron chi connectivity index (χ2n) is 6.18. The van der Waals surface area contributed by atoms with E-state index >= 15 is 0 Å². The van der Waals surface area contributed by atoms with E-state index in [2.05, 4.69) is 4.98 Å². The molecule has 5 nitrogen and oxygen atoms in total. The second-order valence-corrected chi connectivity index (χ2v) is 6.18. The lowest BCUT2D eigenvalue weighted by Crippen LogP contribution is -2.26. The molecule has 2 aromatic rings. The molecule has 0 radical (unpaired) electrons. The average Bonchev–Trinajstić information content (AvgIpc) is 2.52. The van der Waals surface area contributed by atoms with Crippen molar-refractivity contribution in [3.63, 3.8) is 0 Å². The van der Waals surface area contributed by atoms with Gasteiger partial charge in [-0.25, -0.2) is 9.78 Å². The van der Waals surface area contributed by atoms with E-state index in [-0.39, 0.29) is 18.1 Å². The molecule has 5 heteroatoms. The highest BCUT2D eigenvalue weighted by atomic mass is 16.5. The fourth-order valence-corrected chi connectivity index (χ4v) is 1.84. The lowest BCUT2D eigenvalue weighted by atomic mass is 9.91. The number of ether oxygens (including phenoxy) is 1. The molecule has 0 saturated carbocycles. The third-order valence-electron chi connectivity index (χ3n) is 3.32. The quantitative estimate of drug-likeness (QED) is 0.915. The molecule has 2 rings (SSSR count). The molecule has 1 heterocycles. The van der Waals surface area contributed by atoms with Crippen LogP contribution in [0.5, 0.6) is 5.75 Å². The molecule has 0 fully saturated rings. The Hall–Kier alpha value is -2.69. The number of benzene rings is 1. The number of carbonyl (C=O) groups excluding carboxylic acids is 1. The molecular formula is C18H19NO4. The first kappa shape index (κ1) is 16.7. The molecule has 120 valence electrons. The zero-order valence-corrected chi connectivity index (χ0v) is 13.4. The number of ketones is 1. The van der Waals surface area contributed by atoms with Gasteiger partial charge in [0, 0.05) is 11.0 Å². The second kappa shape index (κ2) is 6.60. The number of carboxylic acid groups (broad SMARTS) is 1. The summed E-state index contributed by atoms with van der Waals surface area (Å²) >= 11 is 0. The van der Waals surface area contributed by atoms with Crippen LogP contribution in [-0.2, 0) is 4.79 Å². The molecule has 0 saturated heterocycles. The van der Waals surface area contributed by atoms with Gasteiger partial charge in [-0.3, -0.25) is 4.79 Å². The highest BCUT2D eigenvalue weighted by Crippen LogP contribution is 2.29. The first-order valence-corrected chi connectivity index (χ1v) is 7.25. The molecule has 1 aromatic carbocycles. The van der Waals surface area contributed by atoms with Gasteiger partial charge in [-0.15, -0.1) is 0 Å². The first-order valence-electron chi connectivity index (χ1n) is 7.25. The normalized spacial score (nSPS) is 11.1. The van der Waals surface area contributed by atoms with Gasteiger partial charge in [0.15, 0.2) is 5.78 Å². The number of hydrogen-bond acceptors (Lipinski definition) is 4. The standard InChI is InChI=1S/C18H19NO4/c1-18(2,3)15(20)11-23-14-10-9-13(17(21)22)19-16(14)12-7-5-4-6-8-12/h4-10H,11H2,1-3H3,(H,21,22). The summed E-state index contributed by atoms with van der Waals surface area (Å²) in [5, 5.41) is 9.11. The van der Waals surface area contributed by atoms with Gasteiger partial charge in [0.1, 0.15) is 23.7 Å². The molecule has 1 N–H and O–H groups in total. The van der Waals surface area contributed by atoms with Crippen molar-refractivity contribution in [2.75, 3.05) is 6.61 Å². The van der Waals surface area contributed by atoms with E-state index in [4.69, 9.17) is 9.84 Å². The topological polar surface area (TPSA) is 76.5 Å². The molecule has 1 aromatic heterocycles. The largest absolute Gasteiger partial charge is 0.484 e. The Kier molecular flexibility index (Phi) is 4.79. The average molecular weight is 313 g/mol. The maximum Gasteiger partial charge on any atom is 0.354 e. The van der Waals surface area contributed by atoms with E-state index in [1.54, 1.807) is 0 Å². The summed E-state index contributed by atoms with van der Waals surface area (Å²) in [6.45, 7) is 5.38. The smallest absolute Gasteiger partial charge is 0.354 e. The summed E-state index contributed by atoms with van der Waals surface area (Å²) in [6, 6.07) is 12.0. The number of hydrogen-bond donors (Lipinski definition) is 1. The number of carbonyl (C=O) groups is 2. The Balaban J connectivity index is 2.35. The van der Waals surface area contributed by atoms with E-state index < -0.39 is 11.4 Å². The van der Waals surface area contributed by atoms with Crippen molar-refractivity contribution < 1.29 is 19.4 Å². The SMILES string of the molecule is CC(C)(C)C(=O)COc1ccc(C(=O)O)nc1-c1ccccc1. The van der Waals surface area contributed by atoms with Crippen LogP contribution in [-0.4, -0.2) is 28.4 Å². The summed E-state index contributed by atoms with van der Waals surface area (Å²) in [5.41, 5.74) is 0.570. The van der Waals surface area contributed by atoms with E-state index in [0.29, 0.717) is 11.4 Å². The van der Waals surface area contributed by atoms with Gasteiger partial charge in [0.05, 0.1) is 0 Å². The molecule has 0 spiro atoms. The summed E-state index contributed by atoms with van der Waals surface area (Å²) in [5.74, 6) is -0.767. The number of Topliss-reactive ketones (excluding diaryl/α,β-unsaturated/α-hetero) is 1. The first-order chi connectivity index (χ1) is 10.8. The van der Waals surface area contributed by atoms with Crippen LogP contribution in [0, 0.1) is 5.41 Å². The molecule has 0 aliphatic heterocycles. The van der Waals surface area contributed by atoms with Gasteiger partial charge < -0.3 is 9.84 Å². The van der Waals surface area contributed by atoms with Crippen LogP contribution in [0.3, 0.4) is 0 Å². The predicted molar refractivity (Wildman–Crippen MR) is 86.6 cm³/mol. The minimum Gasteiger partial charge on any atom is -0.484 e. The van der Waals surface area contributed by atoms with Crippen LogP contribution in [0.25, 0.3) is 11.3 Å². The summed E-state index contributed by atoms with van der Waals surface area (Å²) in [7, 11) is 0. The minimum absolute atomic E-state index is 0.0428. The van der Waals surface area contributed by atoms with Gasteiger partial charge in [-0.05, 0) is 12.1 Å². The zero-order chi connectivity index (χ0) is 17.0. The molecule has 0 amide bonds. The van der Waals surface area contributed by atoms with Gasteiger partial charge in [0.25, 0.3) is 0 Å². The van der Waals surface area contributed by atoms with Crippen LogP contribution >= 0.6 is 0 Å².